The van der Waals surface area contributed by atoms with Crippen LogP contribution in [0.4, 0.5) is 5.69 Å². The fourth-order valence-electron chi connectivity index (χ4n) is 2.28. The van der Waals surface area contributed by atoms with Crippen molar-refractivity contribution in [3.05, 3.63) is 45.4 Å². The molecule has 140 valence electrons. The Morgan fingerprint density at radius 3 is 2.38 bits per heavy atom. The maximum Gasteiger partial charge on any atom is 0.262 e. The summed E-state index contributed by atoms with van der Waals surface area (Å²) in [6.07, 6.45) is 0. The predicted molar refractivity (Wildman–Crippen MR) is 107 cm³/mol. The molecule has 0 unspecified atom stereocenters. The van der Waals surface area contributed by atoms with Gasteiger partial charge in [0.1, 0.15) is 17.2 Å². The Kier molecular flexibility index (Phi) is 7.17. The number of amides is 1. The van der Waals surface area contributed by atoms with Crippen molar-refractivity contribution in [3.63, 3.8) is 0 Å². The number of hydrogen-bond donors (Lipinski definition) is 1. The Labute approximate surface area is 166 Å². The molecule has 0 aromatic heterocycles. The smallest absolute Gasteiger partial charge is 0.262 e. The van der Waals surface area contributed by atoms with E-state index in [2.05, 4.69) is 35.1 Å². The van der Waals surface area contributed by atoms with Gasteiger partial charge >= 0.3 is 0 Å². The van der Waals surface area contributed by atoms with Crippen LogP contribution >= 0.6 is 27.5 Å². The van der Waals surface area contributed by atoms with E-state index >= 15 is 0 Å². The average Bonchev–Trinajstić information content (AvgIpc) is 2.60. The van der Waals surface area contributed by atoms with Crippen LogP contribution in [0, 0.1) is 0 Å². The molecule has 0 saturated carbocycles. The molecule has 0 saturated heterocycles. The molecular weight excluding hydrogens is 422 g/mol. The molecule has 0 aliphatic heterocycles. The second-order valence-corrected chi connectivity index (χ2v) is 7.13. The molecule has 0 atom stereocenters. The second kappa shape index (κ2) is 9.14. The number of halogens is 2. The van der Waals surface area contributed by atoms with Crippen molar-refractivity contribution in [1.82, 2.24) is 0 Å². The van der Waals surface area contributed by atoms with Gasteiger partial charge in [0, 0.05) is 6.07 Å². The number of hydrogen-bond acceptors (Lipinski definition) is 4. The summed E-state index contributed by atoms with van der Waals surface area (Å²) in [6.45, 7) is 4.08. The highest BCUT2D eigenvalue weighted by molar-refractivity contribution is 9.10. The van der Waals surface area contributed by atoms with Gasteiger partial charge in [-0.1, -0.05) is 31.5 Å². The Hall–Kier alpha value is -1.92. The molecule has 1 N–H and O–H groups in total. The van der Waals surface area contributed by atoms with Crippen molar-refractivity contribution in [2.45, 2.75) is 19.8 Å². The van der Waals surface area contributed by atoms with Crippen LogP contribution in [-0.2, 0) is 4.79 Å². The van der Waals surface area contributed by atoms with Gasteiger partial charge in [-0.15, -0.1) is 0 Å². The van der Waals surface area contributed by atoms with E-state index < -0.39 is 0 Å². The fraction of sp³-hybridized carbons (Fsp3) is 0.316. The predicted octanol–water partition coefficient (Wildman–Crippen LogP) is 5.26. The van der Waals surface area contributed by atoms with E-state index in [4.69, 9.17) is 25.8 Å². The molecular formula is C19H21BrClNO4. The number of ether oxygens (including phenoxy) is 3. The molecule has 2 rings (SSSR count). The van der Waals surface area contributed by atoms with Crippen LogP contribution in [0.25, 0.3) is 0 Å². The summed E-state index contributed by atoms with van der Waals surface area (Å²) in [5, 5.41) is 3.10. The summed E-state index contributed by atoms with van der Waals surface area (Å²) in [5.41, 5.74) is 1.63. The van der Waals surface area contributed by atoms with Crippen molar-refractivity contribution in [1.29, 1.82) is 0 Å². The number of nitrogens with one attached hydrogen (secondary N) is 1. The van der Waals surface area contributed by atoms with Gasteiger partial charge in [-0.2, -0.15) is 0 Å². The van der Waals surface area contributed by atoms with Crippen LogP contribution in [0.1, 0.15) is 25.3 Å². The van der Waals surface area contributed by atoms with Crippen molar-refractivity contribution in [3.8, 4) is 17.2 Å². The molecule has 0 aliphatic carbocycles. The average molecular weight is 443 g/mol. The normalized spacial score (nSPS) is 10.6. The van der Waals surface area contributed by atoms with E-state index in [-0.39, 0.29) is 12.5 Å². The van der Waals surface area contributed by atoms with Crippen LogP contribution in [-0.4, -0.2) is 26.7 Å². The van der Waals surface area contributed by atoms with Crippen LogP contribution in [0.3, 0.4) is 0 Å². The third-order valence-electron chi connectivity index (χ3n) is 3.73. The summed E-state index contributed by atoms with van der Waals surface area (Å²) in [6, 6.07) is 9.00. The van der Waals surface area contributed by atoms with Gasteiger partial charge in [-0.05, 0) is 45.6 Å². The molecule has 1 amide bonds. The van der Waals surface area contributed by atoms with Gasteiger partial charge in [0.2, 0.25) is 0 Å². The van der Waals surface area contributed by atoms with Crippen molar-refractivity contribution in [2.24, 2.45) is 0 Å². The number of benzene rings is 2. The first-order valence-electron chi connectivity index (χ1n) is 7.99. The molecule has 0 fully saturated rings. The lowest BCUT2D eigenvalue weighted by molar-refractivity contribution is -0.118. The Morgan fingerprint density at radius 2 is 1.81 bits per heavy atom. The lowest BCUT2D eigenvalue weighted by Gasteiger charge is -2.14. The monoisotopic (exact) mass is 441 g/mol. The summed E-state index contributed by atoms with van der Waals surface area (Å²) in [4.78, 5) is 12.2. The zero-order valence-corrected chi connectivity index (χ0v) is 17.4. The van der Waals surface area contributed by atoms with E-state index in [0.717, 1.165) is 4.47 Å². The van der Waals surface area contributed by atoms with E-state index in [0.29, 0.717) is 33.9 Å². The minimum atomic E-state index is -0.329. The van der Waals surface area contributed by atoms with Crippen LogP contribution in [0.5, 0.6) is 17.2 Å². The number of anilines is 1. The number of rotatable bonds is 7. The van der Waals surface area contributed by atoms with Crippen molar-refractivity contribution in [2.75, 3.05) is 26.1 Å². The zero-order chi connectivity index (χ0) is 19.3. The van der Waals surface area contributed by atoms with Gasteiger partial charge < -0.3 is 19.5 Å². The number of methoxy groups -OCH3 is 2. The van der Waals surface area contributed by atoms with E-state index in [9.17, 15) is 4.79 Å². The standard InChI is InChI=1S/C19H21BrClNO4/c1-11(2)12-5-6-16(13(20)7-12)26-10-19(23)22-15-8-14(21)17(24-3)9-18(15)25-4/h5-9,11H,10H2,1-4H3,(H,22,23). The van der Waals surface area contributed by atoms with Crippen molar-refractivity contribution >= 4 is 39.1 Å². The lowest BCUT2D eigenvalue weighted by atomic mass is 10.0. The van der Waals surface area contributed by atoms with Gasteiger partial charge in [0.15, 0.2) is 6.61 Å². The molecule has 0 spiro atoms. The molecule has 2 aromatic carbocycles. The maximum absolute atomic E-state index is 12.2. The molecule has 2 aromatic rings. The van der Waals surface area contributed by atoms with Crippen LogP contribution in [0.2, 0.25) is 5.02 Å². The van der Waals surface area contributed by atoms with Gasteiger partial charge in [-0.3, -0.25) is 4.79 Å². The highest BCUT2D eigenvalue weighted by Gasteiger charge is 2.14. The first kappa shape index (κ1) is 20.4. The summed E-state index contributed by atoms with van der Waals surface area (Å²) < 4.78 is 16.8. The SMILES string of the molecule is COc1cc(OC)c(NC(=O)COc2ccc(C(C)C)cc2Br)cc1Cl. The quantitative estimate of drug-likeness (QED) is 0.635. The Balaban J connectivity index is 2.04. The van der Waals surface area contributed by atoms with Crippen LogP contribution < -0.4 is 19.5 Å². The van der Waals surface area contributed by atoms with E-state index in [1.165, 1.54) is 19.8 Å². The molecule has 0 aliphatic rings. The van der Waals surface area contributed by atoms with E-state index in [1.54, 1.807) is 12.1 Å². The first-order valence-corrected chi connectivity index (χ1v) is 9.16. The van der Waals surface area contributed by atoms with E-state index in [1.807, 2.05) is 18.2 Å². The van der Waals surface area contributed by atoms with Crippen molar-refractivity contribution < 1.29 is 19.0 Å². The third kappa shape index (κ3) is 5.05. The number of carbonyl (C=O) groups is 1. The summed E-state index contributed by atoms with van der Waals surface area (Å²) in [5.74, 6) is 1.60. The topological polar surface area (TPSA) is 56.8 Å². The fourth-order valence-corrected chi connectivity index (χ4v) is 3.03. The zero-order valence-electron chi connectivity index (χ0n) is 15.1. The highest BCUT2D eigenvalue weighted by Crippen LogP contribution is 2.36. The molecule has 5 nitrogen and oxygen atoms in total. The largest absolute Gasteiger partial charge is 0.495 e. The number of carbonyl (C=O) groups excluding carboxylic acids is 1. The Bertz CT molecular complexity index is 795. The minimum absolute atomic E-state index is 0.146. The third-order valence-corrected chi connectivity index (χ3v) is 4.64. The molecule has 0 radical (unpaired) electrons. The van der Waals surface area contributed by atoms with Gasteiger partial charge in [-0.25, -0.2) is 0 Å². The first-order chi connectivity index (χ1) is 12.3. The van der Waals surface area contributed by atoms with Gasteiger partial charge in [0.05, 0.1) is 29.4 Å². The molecule has 0 bridgehead atoms. The lowest BCUT2D eigenvalue weighted by Crippen LogP contribution is -2.20. The minimum Gasteiger partial charge on any atom is -0.495 e. The highest BCUT2D eigenvalue weighted by atomic mass is 79.9. The van der Waals surface area contributed by atoms with Gasteiger partial charge in [0.25, 0.3) is 5.91 Å². The molecule has 0 heterocycles. The Morgan fingerprint density at radius 1 is 1.12 bits per heavy atom. The molecule has 7 heteroatoms. The summed E-state index contributed by atoms with van der Waals surface area (Å²) >= 11 is 9.58. The summed E-state index contributed by atoms with van der Waals surface area (Å²) in [7, 11) is 3.01. The maximum atomic E-state index is 12.2. The molecule has 26 heavy (non-hydrogen) atoms. The van der Waals surface area contributed by atoms with Crippen LogP contribution in [0.15, 0.2) is 34.8 Å². The second-order valence-electron chi connectivity index (χ2n) is 5.87.